The number of aliphatic imine (C=N–C) groups is 1. The van der Waals surface area contributed by atoms with E-state index >= 15 is 0 Å². The van der Waals surface area contributed by atoms with Gasteiger partial charge in [0.1, 0.15) is 11.6 Å². The molecule has 0 saturated heterocycles. The Bertz CT molecular complexity index is 1120. The first kappa shape index (κ1) is 22.1. The Labute approximate surface area is 188 Å². The van der Waals surface area contributed by atoms with E-state index in [2.05, 4.69) is 57.3 Å². The first-order valence-electron chi connectivity index (χ1n) is 11.8. The van der Waals surface area contributed by atoms with Crippen molar-refractivity contribution in [3.63, 3.8) is 0 Å². The second-order valence-corrected chi connectivity index (χ2v) is 8.22. The van der Waals surface area contributed by atoms with Gasteiger partial charge in [-0.2, -0.15) is 5.10 Å². The van der Waals surface area contributed by atoms with Gasteiger partial charge in [-0.15, -0.1) is 0 Å². The van der Waals surface area contributed by atoms with Crippen LogP contribution in [-0.4, -0.2) is 49.5 Å². The Morgan fingerprint density at radius 1 is 1.16 bits per heavy atom. The molecule has 32 heavy (non-hydrogen) atoms. The van der Waals surface area contributed by atoms with Gasteiger partial charge in [0.2, 0.25) is 0 Å². The molecule has 0 spiro atoms. The highest BCUT2D eigenvalue weighted by Crippen LogP contribution is 2.15. The van der Waals surface area contributed by atoms with Crippen LogP contribution in [0.15, 0.2) is 34.1 Å². The van der Waals surface area contributed by atoms with Gasteiger partial charge in [-0.3, -0.25) is 9.56 Å². The van der Waals surface area contributed by atoms with E-state index in [9.17, 15) is 4.79 Å². The number of benzene rings is 1. The number of fused-ring (bicyclic) bond motifs is 2. The standard InChI is InChI=1S/C23H34N8O/c1-3-24-22(25-13-8-16-29-18(2)27-19-10-4-5-11-20(19)29)26-14-9-17-31-23(32)30-15-7-6-12-21(30)28-31/h4-5,10-11H,3,6-9,12-17H2,1-2H3,(H2,24,25,26). The van der Waals surface area contributed by atoms with Gasteiger partial charge >= 0.3 is 5.69 Å². The molecular weight excluding hydrogens is 404 g/mol. The van der Waals surface area contributed by atoms with Crippen molar-refractivity contribution >= 4 is 17.0 Å². The predicted molar refractivity (Wildman–Crippen MR) is 127 cm³/mol. The van der Waals surface area contributed by atoms with Crippen LogP contribution in [0.4, 0.5) is 0 Å². The lowest BCUT2D eigenvalue weighted by Gasteiger charge is -2.11. The Morgan fingerprint density at radius 2 is 2.03 bits per heavy atom. The highest BCUT2D eigenvalue weighted by Gasteiger charge is 2.16. The van der Waals surface area contributed by atoms with Crippen LogP contribution in [0, 0.1) is 6.92 Å². The van der Waals surface area contributed by atoms with E-state index < -0.39 is 0 Å². The molecule has 0 fully saturated rings. The third kappa shape index (κ3) is 5.03. The number of aromatic nitrogens is 5. The average Bonchev–Trinajstić information content (AvgIpc) is 3.30. The SMILES string of the molecule is CCNC(=NCCCn1c(C)nc2ccccc21)NCCCn1nc2n(c1=O)CCCC2. The quantitative estimate of drug-likeness (QED) is 0.303. The number of nitrogens with one attached hydrogen (secondary N) is 2. The summed E-state index contributed by atoms with van der Waals surface area (Å²) in [6.07, 6.45) is 4.86. The maximum atomic E-state index is 12.4. The molecule has 172 valence electrons. The van der Waals surface area contributed by atoms with Crippen molar-refractivity contribution < 1.29 is 0 Å². The second-order valence-electron chi connectivity index (χ2n) is 8.22. The minimum Gasteiger partial charge on any atom is -0.357 e. The van der Waals surface area contributed by atoms with Gasteiger partial charge in [0, 0.05) is 45.7 Å². The smallest absolute Gasteiger partial charge is 0.345 e. The normalized spacial score (nSPS) is 14.0. The second kappa shape index (κ2) is 10.5. The summed E-state index contributed by atoms with van der Waals surface area (Å²) in [5.41, 5.74) is 2.25. The topological polar surface area (TPSA) is 94.1 Å². The van der Waals surface area contributed by atoms with E-state index in [0.29, 0.717) is 6.54 Å². The molecule has 3 aromatic rings. The fraction of sp³-hybridized carbons (Fsp3) is 0.565. The summed E-state index contributed by atoms with van der Waals surface area (Å²) in [6.45, 7) is 8.72. The van der Waals surface area contributed by atoms with Crippen LogP contribution in [0.3, 0.4) is 0 Å². The van der Waals surface area contributed by atoms with Crippen molar-refractivity contribution in [2.24, 2.45) is 4.99 Å². The predicted octanol–water partition coefficient (Wildman–Crippen LogP) is 2.07. The average molecular weight is 439 g/mol. The summed E-state index contributed by atoms with van der Waals surface area (Å²) >= 11 is 0. The largest absolute Gasteiger partial charge is 0.357 e. The molecule has 1 aliphatic heterocycles. The molecule has 1 aliphatic rings. The number of imidazole rings is 1. The third-order valence-corrected chi connectivity index (χ3v) is 5.87. The lowest BCUT2D eigenvalue weighted by atomic mass is 10.2. The van der Waals surface area contributed by atoms with E-state index in [1.807, 2.05) is 10.6 Å². The van der Waals surface area contributed by atoms with Crippen LogP contribution in [0.25, 0.3) is 11.0 Å². The maximum Gasteiger partial charge on any atom is 0.345 e. The van der Waals surface area contributed by atoms with Gasteiger partial charge in [0.05, 0.1) is 11.0 Å². The number of hydrogen-bond donors (Lipinski definition) is 2. The molecule has 0 saturated carbocycles. The zero-order valence-electron chi connectivity index (χ0n) is 19.2. The van der Waals surface area contributed by atoms with Crippen LogP contribution >= 0.6 is 0 Å². The van der Waals surface area contributed by atoms with Gasteiger partial charge in [-0.25, -0.2) is 14.5 Å². The third-order valence-electron chi connectivity index (χ3n) is 5.87. The molecule has 2 aromatic heterocycles. The van der Waals surface area contributed by atoms with E-state index in [4.69, 9.17) is 4.99 Å². The Balaban J connectivity index is 1.25. The van der Waals surface area contributed by atoms with E-state index in [1.165, 1.54) is 5.52 Å². The van der Waals surface area contributed by atoms with E-state index in [-0.39, 0.29) is 5.69 Å². The van der Waals surface area contributed by atoms with E-state index in [0.717, 1.165) is 88.0 Å². The lowest BCUT2D eigenvalue weighted by Crippen LogP contribution is -2.38. The van der Waals surface area contributed by atoms with Crippen LogP contribution in [0.2, 0.25) is 0 Å². The van der Waals surface area contributed by atoms with Crippen LogP contribution in [-0.2, 0) is 26.1 Å². The Morgan fingerprint density at radius 3 is 2.88 bits per heavy atom. The summed E-state index contributed by atoms with van der Waals surface area (Å²) in [5, 5.41) is 11.2. The number of aryl methyl sites for hydroxylation is 4. The summed E-state index contributed by atoms with van der Waals surface area (Å²) < 4.78 is 5.70. The molecule has 9 heteroatoms. The molecule has 0 aliphatic carbocycles. The minimum atomic E-state index is 0.0302. The van der Waals surface area contributed by atoms with Gasteiger partial charge in [0.15, 0.2) is 5.96 Å². The molecular formula is C23H34N8O. The molecule has 2 N–H and O–H groups in total. The first-order chi connectivity index (χ1) is 15.7. The zero-order valence-corrected chi connectivity index (χ0v) is 19.2. The molecule has 4 rings (SSSR count). The number of guanidine groups is 1. The highest BCUT2D eigenvalue weighted by atomic mass is 16.2. The highest BCUT2D eigenvalue weighted by molar-refractivity contribution is 5.79. The molecule has 9 nitrogen and oxygen atoms in total. The van der Waals surface area contributed by atoms with Crippen molar-refractivity contribution in [3.05, 3.63) is 46.4 Å². The summed E-state index contributed by atoms with van der Waals surface area (Å²) in [4.78, 5) is 21.8. The number of para-hydroxylation sites is 2. The Kier molecular flexibility index (Phi) is 7.24. The van der Waals surface area contributed by atoms with Crippen molar-refractivity contribution in [1.82, 2.24) is 34.5 Å². The van der Waals surface area contributed by atoms with Crippen LogP contribution in [0.5, 0.6) is 0 Å². The Hall–Kier alpha value is -3.10. The van der Waals surface area contributed by atoms with Gasteiger partial charge in [0.25, 0.3) is 0 Å². The van der Waals surface area contributed by atoms with Crippen molar-refractivity contribution in [3.8, 4) is 0 Å². The first-order valence-corrected chi connectivity index (χ1v) is 11.8. The van der Waals surface area contributed by atoms with Gasteiger partial charge in [-0.05, 0) is 51.7 Å². The lowest BCUT2D eigenvalue weighted by molar-refractivity contribution is 0.509. The minimum absolute atomic E-state index is 0.0302. The molecule has 0 radical (unpaired) electrons. The fourth-order valence-corrected chi connectivity index (χ4v) is 4.27. The fourth-order valence-electron chi connectivity index (χ4n) is 4.27. The van der Waals surface area contributed by atoms with Crippen molar-refractivity contribution in [2.75, 3.05) is 19.6 Å². The molecule has 0 atom stereocenters. The van der Waals surface area contributed by atoms with Crippen molar-refractivity contribution in [2.45, 2.75) is 65.6 Å². The summed E-state index contributed by atoms with van der Waals surface area (Å²) in [6, 6.07) is 8.25. The molecule has 1 aromatic carbocycles. The van der Waals surface area contributed by atoms with E-state index in [1.54, 1.807) is 4.68 Å². The van der Waals surface area contributed by atoms with Gasteiger partial charge < -0.3 is 15.2 Å². The maximum absolute atomic E-state index is 12.4. The molecule has 0 amide bonds. The molecule has 0 unspecified atom stereocenters. The van der Waals surface area contributed by atoms with Crippen molar-refractivity contribution in [1.29, 1.82) is 0 Å². The number of hydrogen-bond acceptors (Lipinski definition) is 4. The number of nitrogens with zero attached hydrogens (tertiary/aromatic N) is 6. The van der Waals surface area contributed by atoms with Gasteiger partial charge in [-0.1, -0.05) is 12.1 Å². The monoisotopic (exact) mass is 438 g/mol. The van der Waals surface area contributed by atoms with Crippen LogP contribution < -0.4 is 16.3 Å². The summed E-state index contributed by atoms with van der Waals surface area (Å²) in [5.74, 6) is 2.79. The molecule has 3 heterocycles. The molecule has 0 bridgehead atoms. The number of rotatable bonds is 9. The summed E-state index contributed by atoms with van der Waals surface area (Å²) in [7, 11) is 0. The van der Waals surface area contributed by atoms with Crippen LogP contribution in [0.1, 0.15) is 44.3 Å². The zero-order chi connectivity index (χ0) is 22.3.